The summed E-state index contributed by atoms with van der Waals surface area (Å²) in [7, 11) is 0. The van der Waals surface area contributed by atoms with Gasteiger partial charge in [-0.2, -0.15) is 0 Å². The average molecular weight is 196 g/mol. The van der Waals surface area contributed by atoms with Crippen molar-refractivity contribution in [1.29, 1.82) is 0 Å². The van der Waals surface area contributed by atoms with Crippen molar-refractivity contribution < 1.29 is 0 Å². The van der Waals surface area contributed by atoms with Crippen LogP contribution in [0.1, 0.15) is 64.7 Å². The summed E-state index contributed by atoms with van der Waals surface area (Å²) in [6, 6.07) is 0. The molecule has 0 aromatic carbocycles. The van der Waals surface area contributed by atoms with Gasteiger partial charge in [-0.3, -0.25) is 0 Å². The zero-order valence-electron chi connectivity index (χ0n) is 9.80. The molecule has 1 aliphatic rings. The molecule has 1 rings (SSSR count). The Labute approximate surface area is 89.7 Å². The highest BCUT2D eigenvalue weighted by Crippen LogP contribution is 2.25. The first-order valence-corrected chi connectivity index (χ1v) is 6.56. The smallest absolute Gasteiger partial charge is 0.0136 e. The fraction of sp³-hybridized carbons (Fsp3) is 1.00. The molecule has 1 nitrogen and oxygen atoms in total. The van der Waals surface area contributed by atoms with Crippen LogP contribution in [0, 0.1) is 5.92 Å². The van der Waals surface area contributed by atoms with Gasteiger partial charge in [-0.15, -0.1) is 0 Å². The van der Waals surface area contributed by atoms with E-state index in [9.17, 15) is 0 Å². The van der Waals surface area contributed by atoms with Gasteiger partial charge in [0.05, 0.1) is 0 Å². The monoisotopic (exact) mass is 196 g/mol. The molecule has 0 bridgehead atoms. The molecule has 0 atom stereocenters. The summed E-state index contributed by atoms with van der Waals surface area (Å²) in [5.41, 5.74) is 0. The predicted octanol–water partition coefficient (Wildman–Crippen LogP) is 3.75. The second-order valence-electron chi connectivity index (χ2n) is 4.67. The number of nitrogens with zero attached hydrogens (tertiary/aromatic N) is 1. The number of unbranched alkanes of at least 4 members (excludes halogenated alkanes) is 2. The molecule has 1 heteroatoms. The molecular weight excluding hydrogens is 170 g/mol. The van der Waals surface area contributed by atoms with E-state index in [1.54, 1.807) is 0 Å². The van der Waals surface area contributed by atoms with E-state index in [0.717, 1.165) is 19.0 Å². The van der Waals surface area contributed by atoms with E-state index in [0.29, 0.717) is 0 Å². The van der Waals surface area contributed by atoms with Crippen LogP contribution in [0.3, 0.4) is 0 Å². The minimum Gasteiger partial charge on any atom is -0.242 e. The third kappa shape index (κ3) is 5.64. The minimum atomic E-state index is 1.01. The molecule has 0 amide bonds. The van der Waals surface area contributed by atoms with Crippen molar-refractivity contribution in [3.8, 4) is 0 Å². The zero-order chi connectivity index (χ0) is 10.1. The Balaban J connectivity index is 1.82. The standard InChI is InChI=1S/C13H26N/c1-2-3-7-11-14-12-10-13-8-5-4-6-9-13/h13H,2-12H2,1H3. The van der Waals surface area contributed by atoms with Crippen molar-refractivity contribution in [3.05, 3.63) is 0 Å². The first kappa shape index (κ1) is 12.0. The molecule has 0 saturated heterocycles. The van der Waals surface area contributed by atoms with Crippen molar-refractivity contribution in [2.24, 2.45) is 5.92 Å². The fourth-order valence-corrected chi connectivity index (χ4v) is 2.34. The second-order valence-corrected chi connectivity index (χ2v) is 4.67. The molecular formula is C13H26N. The Morgan fingerprint density at radius 1 is 1.00 bits per heavy atom. The molecule has 1 radical (unpaired) electrons. The lowest BCUT2D eigenvalue weighted by atomic mass is 9.87. The molecule has 0 aromatic heterocycles. The van der Waals surface area contributed by atoms with Crippen LogP contribution in [0.15, 0.2) is 0 Å². The second kappa shape index (κ2) is 8.28. The van der Waals surface area contributed by atoms with Gasteiger partial charge in [0.1, 0.15) is 0 Å². The Hall–Kier alpha value is -0.0400. The lowest BCUT2D eigenvalue weighted by Crippen LogP contribution is -2.14. The highest BCUT2D eigenvalue weighted by Gasteiger charge is 2.12. The van der Waals surface area contributed by atoms with Gasteiger partial charge in [-0.1, -0.05) is 51.9 Å². The third-order valence-electron chi connectivity index (χ3n) is 3.34. The van der Waals surface area contributed by atoms with E-state index < -0.39 is 0 Å². The molecule has 1 fully saturated rings. The molecule has 0 N–H and O–H groups in total. The first-order valence-electron chi connectivity index (χ1n) is 6.56. The molecule has 0 heterocycles. The van der Waals surface area contributed by atoms with Crippen LogP contribution >= 0.6 is 0 Å². The van der Waals surface area contributed by atoms with Crippen LogP contribution in [0.5, 0.6) is 0 Å². The van der Waals surface area contributed by atoms with Crippen molar-refractivity contribution in [2.45, 2.75) is 64.7 Å². The predicted molar refractivity (Wildman–Crippen MR) is 62.6 cm³/mol. The van der Waals surface area contributed by atoms with Crippen molar-refractivity contribution >= 4 is 0 Å². The van der Waals surface area contributed by atoms with E-state index in [-0.39, 0.29) is 0 Å². The van der Waals surface area contributed by atoms with Gasteiger partial charge in [-0.25, -0.2) is 5.32 Å². The molecule has 1 aliphatic carbocycles. The summed E-state index contributed by atoms with van der Waals surface area (Å²) >= 11 is 0. The maximum atomic E-state index is 4.60. The fourth-order valence-electron chi connectivity index (χ4n) is 2.34. The molecule has 83 valence electrons. The maximum Gasteiger partial charge on any atom is 0.0136 e. The van der Waals surface area contributed by atoms with Gasteiger partial charge in [0.25, 0.3) is 0 Å². The van der Waals surface area contributed by atoms with Crippen molar-refractivity contribution in [3.63, 3.8) is 0 Å². The summed E-state index contributed by atoms with van der Waals surface area (Å²) in [6.45, 7) is 4.50. The van der Waals surface area contributed by atoms with Crippen LogP contribution in [0.4, 0.5) is 0 Å². The van der Waals surface area contributed by atoms with E-state index in [1.807, 2.05) is 0 Å². The van der Waals surface area contributed by atoms with Crippen LogP contribution in [0.2, 0.25) is 0 Å². The highest BCUT2D eigenvalue weighted by atomic mass is 14.8. The van der Waals surface area contributed by atoms with Crippen LogP contribution in [-0.4, -0.2) is 13.1 Å². The summed E-state index contributed by atoms with van der Waals surface area (Å²) in [5, 5.41) is 4.60. The minimum absolute atomic E-state index is 1.01. The van der Waals surface area contributed by atoms with E-state index in [2.05, 4.69) is 12.2 Å². The lowest BCUT2D eigenvalue weighted by Gasteiger charge is -2.21. The van der Waals surface area contributed by atoms with Gasteiger partial charge in [0, 0.05) is 13.1 Å². The molecule has 0 aromatic rings. The SMILES string of the molecule is CCCCC[N]CCC1CCCCC1. The van der Waals surface area contributed by atoms with E-state index >= 15 is 0 Å². The Morgan fingerprint density at radius 3 is 2.50 bits per heavy atom. The Bertz CT molecular complexity index is 116. The number of hydrogen-bond donors (Lipinski definition) is 0. The third-order valence-corrected chi connectivity index (χ3v) is 3.34. The van der Waals surface area contributed by atoms with Crippen molar-refractivity contribution in [2.75, 3.05) is 13.1 Å². The number of hydrogen-bond acceptors (Lipinski definition) is 0. The lowest BCUT2D eigenvalue weighted by molar-refractivity contribution is 0.332. The summed E-state index contributed by atoms with van der Waals surface area (Å²) in [4.78, 5) is 0. The van der Waals surface area contributed by atoms with Crippen LogP contribution < -0.4 is 5.32 Å². The Kier molecular flexibility index (Phi) is 7.12. The summed E-state index contributed by atoms with van der Waals surface area (Å²) < 4.78 is 0. The molecule has 1 saturated carbocycles. The van der Waals surface area contributed by atoms with Gasteiger partial charge in [-0.05, 0) is 18.8 Å². The molecule has 0 aliphatic heterocycles. The number of rotatable bonds is 7. The van der Waals surface area contributed by atoms with E-state index in [1.165, 1.54) is 57.8 Å². The summed E-state index contributed by atoms with van der Waals surface area (Å²) in [6.07, 6.45) is 12.7. The normalized spacial score (nSPS) is 18.6. The van der Waals surface area contributed by atoms with E-state index in [4.69, 9.17) is 0 Å². The molecule has 14 heavy (non-hydrogen) atoms. The van der Waals surface area contributed by atoms with Gasteiger partial charge in [0.2, 0.25) is 0 Å². The highest BCUT2D eigenvalue weighted by molar-refractivity contribution is 4.66. The molecule has 0 unspecified atom stereocenters. The Morgan fingerprint density at radius 2 is 1.79 bits per heavy atom. The van der Waals surface area contributed by atoms with Crippen LogP contribution in [0.25, 0.3) is 0 Å². The van der Waals surface area contributed by atoms with Crippen molar-refractivity contribution in [1.82, 2.24) is 5.32 Å². The zero-order valence-corrected chi connectivity index (χ0v) is 9.80. The molecule has 0 spiro atoms. The quantitative estimate of drug-likeness (QED) is 0.551. The topological polar surface area (TPSA) is 14.1 Å². The summed E-state index contributed by atoms with van der Waals surface area (Å²) in [5.74, 6) is 1.01. The van der Waals surface area contributed by atoms with Gasteiger partial charge < -0.3 is 0 Å². The largest absolute Gasteiger partial charge is 0.242 e. The van der Waals surface area contributed by atoms with Gasteiger partial charge in [0.15, 0.2) is 0 Å². The van der Waals surface area contributed by atoms with Gasteiger partial charge >= 0.3 is 0 Å². The first-order chi connectivity index (χ1) is 6.93. The van der Waals surface area contributed by atoms with Crippen LogP contribution in [-0.2, 0) is 0 Å². The average Bonchev–Trinajstić information content (AvgIpc) is 2.25. The maximum absolute atomic E-state index is 4.60.